The van der Waals surface area contributed by atoms with Gasteiger partial charge in [0.1, 0.15) is 4.90 Å². The van der Waals surface area contributed by atoms with Gasteiger partial charge in [-0.3, -0.25) is 9.48 Å². The maximum absolute atomic E-state index is 12.6. The Morgan fingerprint density at radius 2 is 2.12 bits per heavy atom. The molecule has 8 nitrogen and oxygen atoms in total. The molecule has 2 aliphatic rings. The van der Waals surface area contributed by atoms with Gasteiger partial charge in [-0.1, -0.05) is 0 Å². The molecule has 3 rings (SSSR count). The second-order valence-corrected chi connectivity index (χ2v) is 9.11. The summed E-state index contributed by atoms with van der Waals surface area (Å²) in [6, 6.07) is 0. The van der Waals surface area contributed by atoms with E-state index in [9.17, 15) is 13.2 Å². The lowest BCUT2D eigenvalue weighted by molar-refractivity contribution is -0.121. The van der Waals surface area contributed by atoms with Crippen LogP contribution < -0.4 is 5.32 Å². The number of hydrogen-bond acceptors (Lipinski definition) is 5. The smallest absolute Gasteiger partial charge is 0.246 e. The van der Waals surface area contributed by atoms with Crippen LogP contribution in [0.4, 0.5) is 0 Å². The van der Waals surface area contributed by atoms with E-state index in [1.165, 1.54) is 21.4 Å². The molecule has 2 saturated heterocycles. The third-order valence-corrected chi connectivity index (χ3v) is 7.07. The van der Waals surface area contributed by atoms with Gasteiger partial charge in [-0.2, -0.15) is 9.40 Å². The van der Waals surface area contributed by atoms with E-state index in [1.807, 2.05) is 0 Å². The van der Waals surface area contributed by atoms with Crippen LogP contribution in [0.25, 0.3) is 0 Å². The van der Waals surface area contributed by atoms with Crippen molar-refractivity contribution in [1.29, 1.82) is 0 Å². The molecular weight excluding hydrogens is 356 g/mol. The van der Waals surface area contributed by atoms with Gasteiger partial charge in [0.05, 0.1) is 12.3 Å². The van der Waals surface area contributed by atoms with Crippen LogP contribution in [0.5, 0.6) is 0 Å². The molecule has 1 amide bonds. The average Bonchev–Trinajstić information content (AvgIpc) is 3.30. The van der Waals surface area contributed by atoms with E-state index in [4.69, 9.17) is 4.74 Å². The van der Waals surface area contributed by atoms with E-state index in [2.05, 4.69) is 10.4 Å². The molecule has 1 aromatic heterocycles. The van der Waals surface area contributed by atoms with Crippen molar-refractivity contribution < 1.29 is 17.9 Å². The summed E-state index contributed by atoms with van der Waals surface area (Å²) in [4.78, 5) is 12.2. The monoisotopic (exact) mass is 384 g/mol. The number of hydrogen-bond donors (Lipinski definition) is 1. The van der Waals surface area contributed by atoms with Gasteiger partial charge in [0.2, 0.25) is 15.9 Å². The van der Waals surface area contributed by atoms with Gasteiger partial charge < -0.3 is 10.1 Å². The number of sulfonamides is 1. The van der Waals surface area contributed by atoms with Crippen LogP contribution in [0.15, 0.2) is 17.3 Å². The predicted octanol–water partition coefficient (Wildman–Crippen LogP) is 0.896. The summed E-state index contributed by atoms with van der Waals surface area (Å²) in [5.41, 5.74) is 0. The molecule has 0 aliphatic carbocycles. The van der Waals surface area contributed by atoms with Gasteiger partial charge in [-0.05, 0) is 38.0 Å². The van der Waals surface area contributed by atoms with E-state index < -0.39 is 10.0 Å². The third kappa shape index (κ3) is 4.83. The normalized spacial score (nSPS) is 22.6. The summed E-state index contributed by atoms with van der Waals surface area (Å²) in [6.45, 7) is 2.39. The van der Waals surface area contributed by atoms with Crippen LogP contribution in [-0.4, -0.2) is 60.8 Å². The molecule has 2 aliphatic heterocycles. The Kier molecular flexibility index (Phi) is 6.31. The molecule has 9 heteroatoms. The number of carbonyl (C=O) groups is 1. The maximum atomic E-state index is 12.6. The SMILES string of the molecule is Cn1cc(S(=O)(=O)N2CCC(CCC(=O)NC[C@H]3CCCO3)CC2)cn1. The second-order valence-electron chi connectivity index (χ2n) is 7.17. The van der Waals surface area contributed by atoms with Crippen molar-refractivity contribution in [2.75, 3.05) is 26.2 Å². The maximum Gasteiger partial charge on any atom is 0.246 e. The summed E-state index contributed by atoms with van der Waals surface area (Å²) in [5, 5.41) is 6.89. The molecule has 3 heterocycles. The van der Waals surface area contributed by atoms with Crippen LogP contribution in [0.2, 0.25) is 0 Å². The molecule has 0 saturated carbocycles. The average molecular weight is 385 g/mol. The zero-order valence-corrected chi connectivity index (χ0v) is 16.1. The van der Waals surface area contributed by atoms with Crippen molar-refractivity contribution in [3.63, 3.8) is 0 Å². The first-order valence-corrected chi connectivity index (χ1v) is 10.8. The molecule has 0 aromatic carbocycles. The Balaban J connectivity index is 1.39. The number of nitrogens with zero attached hydrogens (tertiary/aromatic N) is 3. The van der Waals surface area contributed by atoms with Crippen molar-refractivity contribution in [3.05, 3.63) is 12.4 Å². The van der Waals surface area contributed by atoms with Gasteiger partial charge in [-0.25, -0.2) is 8.42 Å². The van der Waals surface area contributed by atoms with E-state index in [1.54, 1.807) is 7.05 Å². The number of rotatable bonds is 7. The van der Waals surface area contributed by atoms with Crippen molar-refractivity contribution >= 4 is 15.9 Å². The fourth-order valence-corrected chi connectivity index (χ4v) is 5.03. The Morgan fingerprint density at radius 3 is 2.73 bits per heavy atom. The first-order valence-electron chi connectivity index (χ1n) is 9.32. The van der Waals surface area contributed by atoms with E-state index in [0.29, 0.717) is 32.0 Å². The largest absolute Gasteiger partial charge is 0.376 e. The molecule has 26 heavy (non-hydrogen) atoms. The molecule has 0 bridgehead atoms. The number of amides is 1. The summed E-state index contributed by atoms with van der Waals surface area (Å²) in [5.74, 6) is 0.453. The molecule has 146 valence electrons. The quantitative estimate of drug-likeness (QED) is 0.754. The van der Waals surface area contributed by atoms with Crippen LogP contribution in [-0.2, 0) is 26.6 Å². The lowest BCUT2D eigenvalue weighted by Gasteiger charge is -2.30. The van der Waals surface area contributed by atoms with Crippen molar-refractivity contribution in [2.24, 2.45) is 13.0 Å². The number of nitrogens with one attached hydrogen (secondary N) is 1. The molecule has 2 fully saturated rings. The third-order valence-electron chi connectivity index (χ3n) is 5.22. The Morgan fingerprint density at radius 1 is 1.35 bits per heavy atom. The fraction of sp³-hybridized carbons (Fsp3) is 0.765. The summed E-state index contributed by atoms with van der Waals surface area (Å²) in [6.07, 6.45) is 8.05. The van der Waals surface area contributed by atoms with E-state index in [0.717, 1.165) is 38.7 Å². The molecular formula is C17H28N4O4S. The topological polar surface area (TPSA) is 93.5 Å². The highest BCUT2D eigenvalue weighted by Crippen LogP contribution is 2.26. The fourth-order valence-electron chi connectivity index (χ4n) is 3.58. The van der Waals surface area contributed by atoms with E-state index in [-0.39, 0.29) is 16.9 Å². The van der Waals surface area contributed by atoms with Gasteiger partial charge in [-0.15, -0.1) is 0 Å². The standard InChI is InChI=1S/C17H28N4O4S/c1-20-13-16(12-19-20)26(23,24)21-8-6-14(7-9-21)4-5-17(22)18-11-15-3-2-10-25-15/h12-15H,2-11H2,1H3,(H,18,22)/t15-/m1/s1. The van der Waals surface area contributed by atoms with Crippen molar-refractivity contribution in [1.82, 2.24) is 19.4 Å². The van der Waals surface area contributed by atoms with Gasteiger partial charge in [0.15, 0.2) is 0 Å². The Hall–Kier alpha value is -1.45. The van der Waals surface area contributed by atoms with Crippen LogP contribution in [0, 0.1) is 5.92 Å². The molecule has 0 radical (unpaired) electrons. The van der Waals surface area contributed by atoms with Crippen molar-refractivity contribution in [2.45, 2.75) is 49.5 Å². The lowest BCUT2D eigenvalue weighted by Crippen LogP contribution is -2.38. The van der Waals surface area contributed by atoms with Crippen molar-refractivity contribution in [3.8, 4) is 0 Å². The predicted molar refractivity (Wildman–Crippen MR) is 95.9 cm³/mol. The number of piperidine rings is 1. The van der Waals surface area contributed by atoms with Gasteiger partial charge in [0.25, 0.3) is 0 Å². The van der Waals surface area contributed by atoms with Crippen LogP contribution in [0.3, 0.4) is 0 Å². The number of aromatic nitrogens is 2. The zero-order valence-electron chi connectivity index (χ0n) is 15.3. The number of aryl methyl sites for hydroxylation is 1. The molecule has 0 spiro atoms. The number of ether oxygens (including phenoxy) is 1. The first kappa shape index (κ1) is 19.3. The lowest BCUT2D eigenvalue weighted by atomic mass is 9.93. The second kappa shape index (κ2) is 8.49. The minimum absolute atomic E-state index is 0.0610. The highest BCUT2D eigenvalue weighted by Gasteiger charge is 2.30. The van der Waals surface area contributed by atoms with Crippen LogP contribution >= 0.6 is 0 Å². The minimum atomic E-state index is -3.46. The zero-order chi connectivity index (χ0) is 18.6. The Bertz CT molecular complexity index is 704. The minimum Gasteiger partial charge on any atom is -0.376 e. The van der Waals surface area contributed by atoms with E-state index >= 15 is 0 Å². The molecule has 1 atom stereocenters. The first-order chi connectivity index (χ1) is 12.4. The van der Waals surface area contributed by atoms with Crippen LogP contribution in [0.1, 0.15) is 38.5 Å². The molecule has 0 unspecified atom stereocenters. The summed E-state index contributed by atoms with van der Waals surface area (Å²) >= 11 is 0. The summed E-state index contributed by atoms with van der Waals surface area (Å²) in [7, 11) is -1.75. The summed E-state index contributed by atoms with van der Waals surface area (Å²) < 4.78 is 33.7. The number of carbonyl (C=O) groups excluding carboxylic acids is 1. The highest BCUT2D eigenvalue weighted by atomic mass is 32.2. The van der Waals surface area contributed by atoms with Gasteiger partial charge >= 0.3 is 0 Å². The molecule has 1 aromatic rings. The molecule has 1 N–H and O–H groups in total. The van der Waals surface area contributed by atoms with Gasteiger partial charge in [0, 0.05) is 45.9 Å². The Labute approximate surface area is 154 Å². The highest BCUT2D eigenvalue weighted by molar-refractivity contribution is 7.89.